The normalized spacial score (nSPS) is 19.4. The molecule has 18 heavy (non-hydrogen) atoms. The second-order valence-corrected chi connectivity index (χ2v) is 4.20. The zero-order chi connectivity index (χ0) is 13.0. The first kappa shape index (κ1) is 12.5. The third kappa shape index (κ3) is 2.64. The van der Waals surface area contributed by atoms with E-state index in [1.165, 1.54) is 25.7 Å². The lowest BCUT2D eigenvalue weighted by Crippen LogP contribution is -2.42. The molecule has 0 saturated carbocycles. The molecule has 0 radical (unpaired) electrons. The van der Waals surface area contributed by atoms with Gasteiger partial charge in [0.05, 0.1) is 19.2 Å². The summed E-state index contributed by atoms with van der Waals surface area (Å²) in [5.74, 6) is -0.673. The van der Waals surface area contributed by atoms with Crippen LogP contribution in [-0.2, 0) is 9.53 Å². The molecular weight excluding hydrogens is 234 g/mol. The van der Waals surface area contributed by atoms with Gasteiger partial charge in [-0.15, -0.1) is 0 Å². The van der Waals surface area contributed by atoms with Gasteiger partial charge in [-0.05, 0) is 12.8 Å². The molecule has 0 aromatic carbocycles. The predicted octanol–water partition coefficient (Wildman–Crippen LogP) is 0.502. The van der Waals surface area contributed by atoms with Crippen LogP contribution in [0.25, 0.3) is 0 Å². The summed E-state index contributed by atoms with van der Waals surface area (Å²) in [6.07, 6.45) is 5.99. The van der Waals surface area contributed by atoms with Gasteiger partial charge in [-0.1, -0.05) is 0 Å². The molecule has 1 aliphatic rings. The van der Waals surface area contributed by atoms with Crippen LogP contribution in [0.4, 0.5) is 0 Å². The number of carbonyl (C=O) groups excluding carboxylic acids is 2. The van der Waals surface area contributed by atoms with E-state index in [0.717, 1.165) is 12.8 Å². The van der Waals surface area contributed by atoms with Crippen LogP contribution in [0.1, 0.15) is 23.3 Å². The minimum atomic E-state index is -0.258. The Morgan fingerprint density at radius 3 is 2.94 bits per heavy atom. The second-order valence-electron chi connectivity index (χ2n) is 4.20. The van der Waals surface area contributed by atoms with Gasteiger partial charge in [0.25, 0.3) is 5.91 Å². The number of rotatable bonds is 2. The first-order valence-electron chi connectivity index (χ1n) is 5.85. The Morgan fingerprint density at radius 1 is 1.44 bits per heavy atom. The standard InChI is InChI=1S/C12H15N3O3/c1-18-12(17)9-3-2-6-15(8-9)11(16)10-7-13-4-5-14-10/h4-5,7,9H,2-3,6,8H2,1H3. The quantitative estimate of drug-likeness (QED) is 0.714. The molecule has 96 valence electrons. The lowest BCUT2D eigenvalue weighted by Gasteiger charge is -2.30. The molecule has 2 heterocycles. The number of amides is 1. The molecule has 0 N–H and O–H groups in total. The van der Waals surface area contributed by atoms with Crippen LogP contribution < -0.4 is 0 Å². The highest BCUT2D eigenvalue weighted by Crippen LogP contribution is 2.18. The highest BCUT2D eigenvalue weighted by Gasteiger charge is 2.29. The van der Waals surface area contributed by atoms with Gasteiger partial charge in [-0.2, -0.15) is 0 Å². The van der Waals surface area contributed by atoms with Crippen molar-refractivity contribution < 1.29 is 14.3 Å². The maximum absolute atomic E-state index is 12.1. The fourth-order valence-corrected chi connectivity index (χ4v) is 2.09. The number of methoxy groups -OCH3 is 1. The summed E-state index contributed by atoms with van der Waals surface area (Å²) < 4.78 is 4.72. The number of hydrogen-bond donors (Lipinski definition) is 0. The molecule has 0 spiro atoms. The van der Waals surface area contributed by atoms with Crippen molar-refractivity contribution in [1.82, 2.24) is 14.9 Å². The van der Waals surface area contributed by atoms with Crippen molar-refractivity contribution in [2.75, 3.05) is 20.2 Å². The Labute approximate surface area is 105 Å². The summed E-state index contributed by atoms with van der Waals surface area (Å²) in [4.78, 5) is 33.1. The van der Waals surface area contributed by atoms with Gasteiger partial charge in [-0.25, -0.2) is 4.98 Å². The largest absolute Gasteiger partial charge is 0.469 e. The lowest BCUT2D eigenvalue weighted by atomic mass is 9.98. The Balaban J connectivity index is 2.05. The molecular formula is C12H15N3O3. The monoisotopic (exact) mass is 249 g/mol. The van der Waals surface area contributed by atoms with Crippen LogP contribution >= 0.6 is 0 Å². The number of ether oxygens (including phenoxy) is 1. The SMILES string of the molecule is COC(=O)C1CCCN(C(=O)c2cnccn2)C1. The van der Waals surface area contributed by atoms with Crippen molar-refractivity contribution in [2.45, 2.75) is 12.8 Å². The smallest absolute Gasteiger partial charge is 0.310 e. The Morgan fingerprint density at radius 2 is 2.28 bits per heavy atom. The lowest BCUT2D eigenvalue weighted by molar-refractivity contribution is -0.146. The molecule has 2 rings (SSSR count). The minimum absolute atomic E-state index is 0.184. The molecule has 1 saturated heterocycles. The van der Waals surface area contributed by atoms with E-state index in [2.05, 4.69) is 9.97 Å². The summed E-state index contributed by atoms with van der Waals surface area (Å²) in [6.45, 7) is 1.03. The topological polar surface area (TPSA) is 72.4 Å². The van der Waals surface area contributed by atoms with Crippen LogP contribution in [0.3, 0.4) is 0 Å². The van der Waals surface area contributed by atoms with E-state index >= 15 is 0 Å². The van der Waals surface area contributed by atoms with Gasteiger partial charge in [0.2, 0.25) is 0 Å². The van der Waals surface area contributed by atoms with Gasteiger partial charge < -0.3 is 9.64 Å². The van der Waals surface area contributed by atoms with Crippen molar-refractivity contribution in [3.8, 4) is 0 Å². The highest BCUT2D eigenvalue weighted by molar-refractivity contribution is 5.92. The zero-order valence-electron chi connectivity index (χ0n) is 10.2. The third-order valence-corrected chi connectivity index (χ3v) is 3.03. The predicted molar refractivity (Wildman–Crippen MR) is 62.7 cm³/mol. The first-order chi connectivity index (χ1) is 8.72. The first-order valence-corrected chi connectivity index (χ1v) is 5.85. The Kier molecular flexibility index (Phi) is 3.86. The number of aromatic nitrogens is 2. The van der Waals surface area contributed by atoms with Crippen molar-refractivity contribution in [2.24, 2.45) is 5.92 Å². The van der Waals surface area contributed by atoms with Crippen molar-refractivity contribution >= 4 is 11.9 Å². The number of hydrogen-bond acceptors (Lipinski definition) is 5. The Bertz CT molecular complexity index is 435. The van der Waals surface area contributed by atoms with E-state index in [1.807, 2.05) is 0 Å². The van der Waals surface area contributed by atoms with Crippen LogP contribution in [-0.4, -0.2) is 46.9 Å². The average Bonchev–Trinajstić information content (AvgIpc) is 2.46. The molecule has 6 nitrogen and oxygen atoms in total. The number of esters is 1. The van der Waals surface area contributed by atoms with Crippen molar-refractivity contribution in [3.63, 3.8) is 0 Å². The fraction of sp³-hybridized carbons (Fsp3) is 0.500. The third-order valence-electron chi connectivity index (χ3n) is 3.03. The Hall–Kier alpha value is -1.98. The molecule has 1 atom stereocenters. The summed E-state index contributed by atoms with van der Waals surface area (Å²) in [7, 11) is 1.37. The van der Waals surface area contributed by atoms with E-state index < -0.39 is 0 Å². The summed E-state index contributed by atoms with van der Waals surface area (Å²) in [5.41, 5.74) is 0.308. The van der Waals surface area contributed by atoms with Gasteiger partial charge in [-0.3, -0.25) is 14.6 Å². The summed E-state index contributed by atoms with van der Waals surface area (Å²) in [6, 6.07) is 0. The van der Waals surface area contributed by atoms with E-state index in [4.69, 9.17) is 4.74 Å². The minimum Gasteiger partial charge on any atom is -0.469 e. The number of piperidine rings is 1. The molecule has 1 unspecified atom stereocenters. The maximum Gasteiger partial charge on any atom is 0.310 e. The molecule has 1 aliphatic heterocycles. The fourth-order valence-electron chi connectivity index (χ4n) is 2.09. The summed E-state index contributed by atoms with van der Waals surface area (Å²) >= 11 is 0. The molecule has 1 amide bonds. The summed E-state index contributed by atoms with van der Waals surface area (Å²) in [5, 5.41) is 0. The van der Waals surface area contributed by atoms with Crippen LogP contribution in [0.2, 0.25) is 0 Å². The number of carbonyl (C=O) groups is 2. The van der Waals surface area contributed by atoms with Gasteiger partial charge in [0.15, 0.2) is 0 Å². The zero-order valence-corrected chi connectivity index (χ0v) is 10.2. The van der Waals surface area contributed by atoms with E-state index in [1.54, 1.807) is 4.90 Å². The van der Waals surface area contributed by atoms with Gasteiger partial charge >= 0.3 is 5.97 Å². The molecule has 1 aromatic rings. The molecule has 1 fully saturated rings. The maximum atomic E-state index is 12.1. The van der Waals surface area contributed by atoms with E-state index in [-0.39, 0.29) is 17.8 Å². The number of likely N-dealkylation sites (tertiary alicyclic amines) is 1. The van der Waals surface area contributed by atoms with Crippen LogP contribution in [0, 0.1) is 5.92 Å². The second kappa shape index (κ2) is 5.57. The van der Waals surface area contributed by atoms with Crippen LogP contribution in [0.15, 0.2) is 18.6 Å². The average molecular weight is 249 g/mol. The van der Waals surface area contributed by atoms with Gasteiger partial charge in [0, 0.05) is 25.5 Å². The molecule has 0 bridgehead atoms. The number of nitrogens with zero attached hydrogens (tertiary/aromatic N) is 3. The molecule has 1 aromatic heterocycles. The van der Waals surface area contributed by atoms with E-state index in [0.29, 0.717) is 18.8 Å². The molecule has 0 aliphatic carbocycles. The molecule has 6 heteroatoms. The van der Waals surface area contributed by atoms with Crippen molar-refractivity contribution in [3.05, 3.63) is 24.3 Å². The van der Waals surface area contributed by atoms with E-state index in [9.17, 15) is 9.59 Å². The van der Waals surface area contributed by atoms with Crippen molar-refractivity contribution in [1.29, 1.82) is 0 Å². The van der Waals surface area contributed by atoms with Crippen LogP contribution in [0.5, 0.6) is 0 Å². The van der Waals surface area contributed by atoms with Gasteiger partial charge in [0.1, 0.15) is 5.69 Å². The highest BCUT2D eigenvalue weighted by atomic mass is 16.5.